The highest BCUT2D eigenvalue weighted by atomic mass is 16.5. The Labute approximate surface area is 165 Å². The Kier molecular flexibility index (Phi) is 6.66. The Morgan fingerprint density at radius 3 is 2.57 bits per heavy atom. The van der Waals surface area contributed by atoms with Crippen LogP contribution in [0.1, 0.15) is 47.4 Å². The SMILES string of the molecule is CC(C)Oc1ccc(C(=O)Nc2cccc(C(=O)NCC3CCCO3)c2)cc1. The number of nitrogens with one attached hydrogen (secondary N) is 2. The molecule has 0 bridgehead atoms. The van der Waals surface area contributed by atoms with E-state index >= 15 is 0 Å². The lowest BCUT2D eigenvalue weighted by molar-refractivity contribution is 0.0857. The molecular weight excluding hydrogens is 356 g/mol. The fraction of sp³-hybridized carbons (Fsp3) is 0.364. The molecule has 2 amide bonds. The van der Waals surface area contributed by atoms with Crippen LogP contribution in [0.2, 0.25) is 0 Å². The van der Waals surface area contributed by atoms with Gasteiger partial charge in [0, 0.05) is 30.0 Å². The Morgan fingerprint density at radius 2 is 1.89 bits per heavy atom. The largest absolute Gasteiger partial charge is 0.491 e. The van der Waals surface area contributed by atoms with Crippen molar-refractivity contribution in [2.45, 2.75) is 38.9 Å². The van der Waals surface area contributed by atoms with Crippen molar-refractivity contribution in [2.75, 3.05) is 18.5 Å². The number of carbonyl (C=O) groups excluding carboxylic acids is 2. The Bertz CT molecular complexity index is 812. The minimum Gasteiger partial charge on any atom is -0.491 e. The molecule has 0 radical (unpaired) electrons. The molecule has 6 nitrogen and oxygen atoms in total. The van der Waals surface area contributed by atoms with Crippen molar-refractivity contribution >= 4 is 17.5 Å². The first-order chi connectivity index (χ1) is 13.5. The number of hydrogen-bond donors (Lipinski definition) is 2. The zero-order valence-electron chi connectivity index (χ0n) is 16.2. The molecule has 2 N–H and O–H groups in total. The van der Waals surface area contributed by atoms with Gasteiger partial charge in [0.05, 0.1) is 12.2 Å². The zero-order chi connectivity index (χ0) is 19.9. The second-order valence-electron chi connectivity index (χ2n) is 7.07. The molecule has 28 heavy (non-hydrogen) atoms. The average molecular weight is 382 g/mol. The molecule has 2 aromatic carbocycles. The van der Waals surface area contributed by atoms with Crippen LogP contribution in [-0.2, 0) is 4.74 Å². The number of carbonyl (C=O) groups is 2. The van der Waals surface area contributed by atoms with Crippen LogP contribution < -0.4 is 15.4 Å². The number of ether oxygens (including phenoxy) is 2. The summed E-state index contributed by atoms with van der Waals surface area (Å²) in [6.07, 6.45) is 2.17. The summed E-state index contributed by atoms with van der Waals surface area (Å²) in [6.45, 7) is 5.15. The van der Waals surface area contributed by atoms with Crippen LogP contribution in [0.5, 0.6) is 5.75 Å². The Morgan fingerprint density at radius 1 is 1.11 bits per heavy atom. The van der Waals surface area contributed by atoms with Crippen molar-refractivity contribution in [3.63, 3.8) is 0 Å². The lowest BCUT2D eigenvalue weighted by atomic mass is 10.1. The number of rotatable bonds is 7. The van der Waals surface area contributed by atoms with Gasteiger partial charge in [-0.05, 0) is 69.2 Å². The van der Waals surface area contributed by atoms with Crippen LogP contribution in [-0.4, -0.2) is 37.2 Å². The molecule has 0 aromatic heterocycles. The van der Waals surface area contributed by atoms with E-state index in [1.807, 2.05) is 13.8 Å². The van der Waals surface area contributed by atoms with Gasteiger partial charge in [-0.3, -0.25) is 9.59 Å². The van der Waals surface area contributed by atoms with Crippen LogP contribution in [0.25, 0.3) is 0 Å². The first-order valence-electron chi connectivity index (χ1n) is 9.59. The van der Waals surface area contributed by atoms with Crippen molar-refractivity contribution in [1.82, 2.24) is 5.32 Å². The third-order valence-electron chi connectivity index (χ3n) is 4.39. The van der Waals surface area contributed by atoms with Gasteiger partial charge >= 0.3 is 0 Å². The molecule has 0 spiro atoms. The van der Waals surface area contributed by atoms with Crippen LogP contribution in [0.15, 0.2) is 48.5 Å². The van der Waals surface area contributed by atoms with Crippen LogP contribution in [0.4, 0.5) is 5.69 Å². The molecule has 1 fully saturated rings. The monoisotopic (exact) mass is 382 g/mol. The van der Waals surface area contributed by atoms with Crippen LogP contribution in [0.3, 0.4) is 0 Å². The number of anilines is 1. The second kappa shape index (κ2) is 9.37. The van der Waals surface area contributed by atoms with E-state index in [4.69, 9.17) is 9.47 Å². The molecule has 6 heteroatoms. The van der Waals surface area contributed by atoms with E-state index in [1.54, 1.807) is 48.5 Å². The summed E-state index contributed by atoms with van der Waals surface area (Å²) in [5.41, 5.74) is 1.58. The molecular formula is C22H26N2O4. The highest BCUT2D eigenvalue weighted by Gasteiger charge is 2.17. The van der Waals surface area contributed by atoms with Crippen molar-refractivity contribution < 1.29 is 19.1 Å². The first kappa shape index (κ1) is 19.9. The summed E-state index contributed by atoms with van der Waals surface area (Å²) < 4.78 is 11.1. The third-order valence-corrected chi connectivity index (χ3v) is 4.39. The summed E-state index contributed by atoms with van der Waals surface area (Å²) in [7, 11) is 0. The average Bonchev–Trinajstić information content (AvgIpc) is 3.20. The predicted molar refractivity (Wildman–Crippen MR) is 108 cm³/mol. The van der Waals surface area contributed by atoms with E-state index in [0.717, 1.165) is 25.2 Å². The van der Waals surface area contributed by atoms with Gasteiger partial charge in [-0.15, -0.1) is 0 Å². The lowest BCUT2D eigenvalue weighted by Gasteiger charge is -2.12. The topological polar surface area (TPSA) is 76.7 Å². The molecule has 0 aliphatic carbocycles. The van der Waals surface area contributed by atoms with Crippen LogP contribution >= 0.6 is 0 Å². The second-order valence-corrected chi connectivity index (χ2v) is 7.07. The fourth-order valence-electron chi connectivity index (χ4n) is 3.01. The van der Waals surface area contributed by atoms with Crippen molar-refractivity contribution in [1.29, 1.82) is 0 Å². The molecule has 1 atom stereocenters. The third kappa shape index (κ3) is 5.57. The zero-order valence-corrected chi connectivity index (χ0v) is 16.2. The standard InChI is InChI=1S/C22H26N2O4/c1-15(2)28-19-10-8-16(9-11-19)22(26)24-18-6-3-5-17(13-18)21(25)23-14-20-7-4-12-27-20/h3,5-6,8-11,13,15,20H,4,7,12,14H2,1-2H3,(H,23,25)(H,24,26). The van der Waals surface area contributed by atoms with Gasteiger partial charge in [0.1, 0.15) is 5.75 Å². The maximum atomic E-state index is 12.5. The summed E-state index contributed by atoms with van der Waals surface area (Å²) in [5.74, 6) is 0.297. The molecule has 0 saturated carbocycles. The predicted octanol–water partition coefficient (Wildman–Crippen LogP) is 3.63. The summed E-state index contributed by atoms with van der Waals surface area (Å²) in [5, 5.41) is 5.71. The Hall–Kier alpha value is -2.86. The fourth-order valence-corrected chi connectivity index (χ4v) is 3.01. The molecule has 1 heterocycles. The first-order valence-corrected chi connectivity index (χ1v) is 9.59. The maximum Gasteiger partial charge on any atom is 0.255 e. The van der Waals surface area contributed by atoms with E-state index in [-0.39, 0.29) is 24.0 Å². The molecule has 2 aromatic rings. The molecule has 3 rings (SSSR count). The van der Waals surface area contributed by atoms with E-state index in [1.165, 1.54) is 0 Å². The lowest BCUT2D eigenvalue weighted by Crippen LogP contribution is -2.31. The van der Waals surface area contributed by atoms with Gasteiger partial charge in [0.2, 0.25) is 0 Å². The van der Waals surface area contributed by atoms with Gasteiger partial charge in [0.15, 0.2) is 0 Å². The van der Waals surface area contributed by atoms with Gasteiger partial charge in [0.25, 0.3) is 11.8 Å². The minimum atomic E-state index is -0.243. The maximum absolute atomic E-state index is 12.5. The normalized spacial score (nSPS) is 16.0. The van der Waals surface area contributed by atoms with E-state index in [9.17, 15) is 9.59 Å². The minimum absolute atomic E-state index is 0.0776. The van der Waals surface area contributed by atoms with Crippen molar-refractivity contribution in [3.05, 3.63) is 59.7 Å². The number of amides is 2. The van der Waals surface area contributed by atoms with Crippen molar-refractivity contribution in [3.8, 4) is 5.75 Å². The summed E-state index contributed by atoms with van der Waals surface area (Å²) in [4.78, 5) is 24.8. The van der Waals surface area contributed by atoms with Crippen molar-refractivity contribution in [2.24, 2.45) is 0 Å². The molecule has 148 valence electrons. The van der Waals surface area contributed by atoms with Crippen LogP contribution in [0, 0.1) is 0 Å². The number of benzene rings is 2. The summed E-state index contributed by atoms with van der Waals surface area (Å²) in [6, 6.07) is 13.9. The van der Waals surface area contributed by atoms with Gasteiger partial charge < -0.3 is 20.1 Å². The molecule has 1 aliphatic heterocycles. The van der Waals surface area contributed by atoms with E-state index in [2.05, 4.69) is 10.6 Å². The van der Waals surface area contributed by atoms with Gasteiger partial charge in [-0.2, -0.15) is 0 Å². The Balaban J connectivity index is 1.58. The van der Waals surface area contributed by atoms with Gasteiger partial charge in [-0.1, -0.05) is 6.07 Å². The quantitative estimate of drug-likeness (QED) is 0.767. The highest BCUT2D eigenvalue weighted by Crippen LogP contribution is 2.17. The number of hydrogen-bond acceptors (Lipinski definition) is 4. The van der Waals surface area contributed by atoms with E-state index in [0.29, 0.717) is 23.4 Å². The molecule has 1 aliphatic rings. The molecule has 1 unspecified atom stereocenters. The molecule has 1 saturated heterocycles. The van der Waals surface area contributed by atoms with Gasteiger partial charge in [-0.25, -0.2) is 0 Å². The summed E-state index contributed by atoms with van der Waals surface area (Å²) >= 11 is 0. The smallest absolute Gasteiger partial charge is 0.255 e. The highest BCUT2D eigenvalue weighted by molar-refractivity contribution is 6.05. The van der Waals surface area contributed by atoms with E-state index < -0.39 is 0 Å².